The van der Waals surface area contributed by atoms with E-state index in [0.29, 0.717) is 44.0 Å². The number of ether oxygens (including phenoxy) is 5. The molecule has 1 aliphatic heterocycles. The molecule has 5 rings (SSSR count). The minimum Gasteiger partial charge on any atom is -0.468 e. The molecule has 0 aliphatic carbocycles. The van der Waals surface area contributed by atoms with Gasteiger partial charge in [-0.05, 0) is 91.0 Å². The topological polar surface area (TPSA) is 92.8 Å². The first-order valence-corrected chi connectivity index (χ1v) is 21.3. The second-order valence-electron chi connectivity index (χ2n) is 15.2. The van der Waals surface area contributed by atoms with Crippen molar-refractivity contribution in [1.29, 1.82) is 0 Å². The number of carbonyl (C=O) groups is 2. The Morgan fingerprint density at radius 3 is 2.25 bits per heavy atom. The number of rotatable bonds is 14. The summed E-state index contributed by atoms with van der Waals surface area (Å²) in [6.45, 7) is 14.7. The molecule has 0 aromatic heterocycles. The smallest absolute Gasteiger partial charge is 0.468 e. The number of nitrogens with zero attached hydrogens (tertiary/aromatic N) is 1. The van der Waals surface area contributed by atoms with Gasteiger partial charge < -0.3 is 28.5 Å². The lowest BCUT2D eigenvalue weighted by atomic mass is 9.87. The third kappa shape index (κ3) is 12.2. The van der Waals surface area contributed by atoms with Crippen LogP contribution in [0.1, 0.15) is 60.2 Å². The Bertz CT molecular complexity index is 1730. The van der Waals surface area contributed by atoms with E-state index in [9.17, 15) is 9.59 Å². The third-order valence-electron chi connectivity index (χ3n) is 8.57. The summed E-state index contributed by atoms with van der Waals surface area (Å²) in [5.41, 5.74) is 2.84. The normalized spacial score (nSPS) is 16.8. The van der Waals surface area contributed by atoms with Crippen molar-refractivity contribution in [3.63, 3.8) is 0 Å². The molecule has 10 heteroatoms. The second kappa shape index (κ2) is 17.3. The molecule has 0 radical (unpaired) electrons. The zero-order valence-electron chi connectivity index (χ0n) is 30.7. The zero-order chi connectivity index (χ0) is 36.4. The van der Waals surface area contributed by atoms with Crippen molar-refractivity contribution in [3.05, 3.63) is 113 Å². The molecule has 4 aromatic rings. The fourth-order valence-corrected chi connectivity index (χ4v) is 6.51. The van der Waals surface area contributed by atoms with Gasteiger partial charge in [0.2, 0.25) is 0 Å². The van der Waals surface area contributed by atoms with Crippen LogP contribution in [0.25, 0.3) is 10.8 Å². The molecule has 1 aliphatic rings. The van der Waals surface area contributed by atoms with Gasteiger partial charge in [-0.15, -0.1) is 5.06 Å². The summed E-state index contributed by atoms with van der Waals surface area (Å²) in [6.07, 6.45) is -0.265. The highest BCUT2D eigenvalue weighted by Crippen LogP contribution is 2.32. The average Bonchev–Trinajstić information content (AvgIpc) is 3.09. The van der Waals surface area contributed by atoms with Gasteiger partial charge in [-0.2, -0.15) is 0 Å². The Balaban J connectivity index is 1.16. The van der Waals surface area contributed by atoms with Gasteiger partial charge in [0.25, 0.3) is 0 Å². The predicted octanol–water partition coefficient (Wildman–Crippen LogP) is 9.13. The third-order valence-corrected chi connectivity index (χ3v) is 10.3. The molecule has 2 unspecified atom stereocenters. The number of carbonyl (C=O) groups excluding carboxylic acids is 2. The van der Waals surface area contributed by atoms with Crippen LogP contribution >= 0.6 is 0 Å². The summed E-state index contributed by atoms with van der Waals surface area (Å²) in [5.74, 6) is 0.292. The fraction of sp³-hybridized carbons (Fsp3) is 0.415. The van der Waals surface area contributed by atoms with E-state index in [4.69, 9.17) is 28.5 Å². The van der Waals surface area contributed by atoms with Gasteiger partial charge in [0.05, 0.1) is 24.8 Å². The van der Waals surface area contributed by atoms with E-state index in [-0.39, 0.29) is 25.4 Å². The van der Waals surface area contributed by atoms with E-state index in [1.54, 1.807) is 29.3 Å². The van der Waals surface area contributed by atoms with Crippen molar-refractivity contribution in [2.45, 2.75) is 83.7 Å². The molecular formula is C41H51NO8Si. The molecule has 0 amide bonds. The highest BCUT2D eigenvalue weighted by atomic mass is 28.3. The van der Waals surface area contributed by atoms with Crippen LogP contribution in [0.5, 0.6) is 5.75 Å². The van der Waals surface area contributed by atoms with Gasteiger partial charge in [0.1, 0.15) is 18.0 Å². The van der Waals surface area contributed by atoms with E-state index in [0.717, 1.165) is 28.1 Å². The van der Waals surface area contributed by atoms with Crippen LogP contribution in [0.4, 0.5) is 4.79 Å². The number of esters is 1. The van der Waals surface area contributed by atoms with Gasteiger partial charge in [-0.1, -0.05) is 80.3 Å². The predicted molar refractivity (Wildman–Crippen MR) is 200 cm³/mol. The summed E-state index contributed by atoms with van der Waals surface area (Å²) in [7, 11) is -1.14. The van der Waals surface area contributed by atoms with Crippen LogP contribution in [-0.4, -0.2) is 63.5 Å². The summed E-state index contributed by atoms with van der Waals surface area (Å²) in [6, 6.07) is 30.6. The molecule has 272 valence electrons. The Hall–Kier alpha value is -4.22. The Morgan fingerprint density at radius 1 is 0.843 bits per heavy atom. The van der Waals surface area contributed by atoms with E-state index < -0.39 is 25.8 Å². The number of fused-ring (bicyclic) bond motifs is 1. The Labute approximate surface area is 302 Å². The molecule has 2 atom stereocenters. The average molecular weight is 714 g/mol. The van der Waals surface area contributed by atoms with Crippen LogP contribution in [0.3, 0.4) is 0 Å². The van der Waals surface area contributed by atoms with Crippen molar-refractivity contribution in [2.75, 3.05) is 26.5 Å². The van der Waals surface area contributed by atoms with Crippen LogP contribution in [0.15, 0.2) is 91.0 Å². The molecule has 1 fully saturated rings. The largest absolute Gasteiger partial charge is 0.528 e. The summed E-state index contributed by atoms with van der Waals surface area (Å²) in [5, 5.41) is 3.96. The number of hydroxylamine groups is 2. The van der Waals surface area contributed by atoms with Gasteiger partial charge in [0, 0.05) is 27.1 Å². The van der Waals surface area contributed by atoms with E-state index >= 15 is 0 Å². The lowest BCUT2D eigenvalue weighted by Gasteiger charge is -2.37. The number of piperidine rings is 1. The quantitative estimate of drug-likeness (QED) is 0.0549. The lowest BCUT2D eigenvalue weighted by Crippen LogP contribution is -2.45. The van der Waals surface area contributed by atoms with Crippen LogP contribution in [0, 0.1) is 0 Å². The molecule has 0 bridgehead atoms. The highest BCUT2D eigenvalue weighted by Gasteiger charge is 2.34. The SMILES string of the molecule is CC(C)(C)OC(=O)ON1CCC(c2ccc(COC(=O)c3ccc(OCOCC[Si](C)(C)C)cc3)cc2)C(OCc2ccc3ccccc3c2)C1. The molecule has 51 heavy (non-hydrogen) atoms. The molecule has 0 saturated carbocycles. The first-order chi connectivity index (χ1) is 24.3. The Morgan fingerprint density at radius 2 is 1.55 bits per heavy atom. The van der Waals surface area contributed by atoms with Crippen molar-refractivity contribution in [3.8, 4) is 5.75 Å². The lowest BCUT2D eigenvalue weighted by molar-refractivity contribution is -0.179. The van der Waals surface area contributed by atoms with Crippen molar-refractivity contribution in [2.24, 2.45) is 0 Å². The van der Waals surface area contributed by atoms with Crippen molar-refractivity contribution < 1.29 is 38.1 Å². The zero-order valence-corrected chi connectivity index (χ0v) is 31.7. The van der Waals surface area contributed by atoms with Crippen molar-refractivity contribution >= 4 is 31.0 Å². The van der Waals surface area contributed by atoms with Gasteiger partial charge in [-0.25, -0.2) is 9.59 Å². The first-order valence-electron chi connectivity index (χ1n) is 17.6. The van der Waals surface area contributed by atoms with Crippen molar-refractivity contribution in [1.82, 2.24) is 5.06 Å². The molecular weight excluding hydrogens is 663 g/mol. The van der Waals surface area contributed by atoms with Gasteiger partial charge in [-0.3, -0.25) is 0 Å². The Kier molecular flexibility index (Phi) is 12.9. The van der Waals surface area contributed by atoms with E-state index in [1.165, 1.54) is 5.39 Å². The minimum atomic E-state index is -1.14. The maximum Gasteiger partial charge on any atom is 0.528 e. The molecule has 1 heterocycles. The fourth-order valence-electron chi connectivity index (χ4n) is 5.75. The summed E-state index contributed by atoms with van der Waals surface area (Å²) >= 11 is 0. The van der Waals surface area contributed by atoms with Crippen LogP contribution in [0.2, 0.25) is 25.7 Å². The van der Waals surface area contributed by atoms with Crippen LogP contribution in [-0.2, 0) is 37.0 Å². The maximum atomic E-state index is 12.8. The molecule has 0 spiro atoms. The first kappa shape index (κ1) is 38.0. The molecule has 4 aromatic carbocycles. The highest BCUT2D eigenvalue weighted by molar-refractivity contribution is 6.76. The van der Waals surface area contributed by atoms with Gasteiger partial charge >= 0.3 is 12.1 Å². The molecule has 0 N–H and O–H groups in total. The number of benzene rings is 4. The number of hydrogen-bond donors (Lipinski definition) is 0. The van der Waals surface area contributed by atoms with E-state index in [1.807, 2.05) is 45.0 Å². The molecule has 9 nitrogen and oxygen atoms in total. The molecule has 1 saturated heterocycles. The van der Waals surface area contributed by atoms with E-state index in [2.05, 4.69) is 62.1 Å². The monoisotopic (exact) mass is 713 g/mol. The van der Waals surface area contributed by atoms with Gasteiger partial charge in [0.15, 0.2) is 6.79 Å². The van der Waals surface area contributed by atoms with Crippen LogP contribution < -0.4 is 4.74 Å². The number of hydrogen-bond acceptors (Lipinski definition) is 9. The maximum absolute atomic E-state index is 12.8. The summed E-state index contributed by atoms with van der Waals surface area (Å²) < 4.78 is 28.8. The summed E-state index contributed by atoms with van der Waals surface area (Å²) in [4.78, 5) is 30.8. The minimum absolute atomic E-state index is 0.0621. The second-order valence-corrected chi connectivity index (χ2v) is 20.8. The standard InChI is InChI=1S/C41H51NO8Si/c1-41(2,3)49-40(44)50-42-22-21-37(38(26-42)46-28-31-13-14-32-9-7-8-10-35(32)25-31)33-15-11-30(12-16-33)27-47-39(43)34-17-19-36(20-18-34)48-29-45-23-24-51(4,5)6/h7-20,25,37-38H,21-24,26-29H2,1-6H3.